The molecule has 0 saturated heterocycles. The Labute approximate surface area is 170 Å². The van der Waals surface area contributed by atoms with Crippen LogP contribution < -0.4 is 15.7 Å². The Morgan fingerprint density at radius 1 is 1.17 bits per heavy atom. The second-order valence-corrected chi connectivity index (χ2v) is 9.52. The van der Waals surface area contributed by atoms with Crippen molar-refractivity contribution in [2.45, 2.75) is 44.6 Å². The van der Waals surface area contributed by atoms with Crippen molar-refractivity contribution in [2.24, 2.45) is 5.14 Å². The van der Waals surface area contributed by atoms with E-state index >= 15 is 0 Å². The van der Waals surface area contributed by atoms with Crippen LogP contribution in [0.4, 0.5) is 5.69 Å². The molecule has 1 aliphatic rings. The molecule has 29 heavy (non-hydrogen) atoms. The fraction of sp³-hybridized carbons (Fsp3) is 0.318. The van der Waals surface area contributed by atoms with E-state index in [4.69, 9.17) is 9.56 Å². The zero-order valence-electron chi connectivity index (χ0n) is 16.7. The van der Waals surface area contributed by atoms with Crippen LogP contribution in [0.15, 0.2) is 50.5 Å². The lowest BCUT2D eigenvalue weighted by Crippen LogP contribution is -2.21. The highest BCUT2D eigenvalue weighted by molar-refractivity contribution is 7.89. The summed E-state index contributed by atoms with van der Waals surface area (Å²) in [4.78, 5) is 14.4. The summed E-state index contributed by atoms with van der Waals surface area (Å²) in [6.45, 7) is 7.61. The quantitative estimate of drug-likeness (QED) is 0.663. The molecule has 0 aliphatic carbocycles. The molecule has 0 bridgehead atoms. The van der Waals surface area contributed by atoms with Gasteiger partial charge in [0.05, 0.1) is 4.90 Å². The summed E-state index contributed by atoms with van der Waals surface area (Å²) in [7, 11) is -3.72. The zero-order valence-corrected chi connectivity index (χ0v) is 17.5. The van der Waals surface area contributed by atoms with Crippen molar-refractivity contribution in [3.63, 3.8) is 0 Å². The van der Waals surface area contributed by atoms with Gasteiger partial charge in [-0.1, -0.05) is 13.8 Å². The lowest BCUT2D eigenvalue weighted by atomic mass is 9.95. The molecule has 0 amide bonds. The van der Waals surface area contributed by atoms with Gasteiger partial charge in [0.15, 0.2) is 0 Å². The van der Waals surface area contributed by atoms with Crippen LogP contribution in [-0.2, 0) is 23.0 Å². The number of aryl methyl sites for hydroxylation is 1. The number of anilines is 1. The van der Waals surface area contributed by atoms with Gasteiger partial charge in [0.1, 0.15) is 5.58 Å². The third-order valence-electron chi connectivity index (χ3n) is 5.57. The predicted molar refractivity (Wildman–Crippen MR) is 114 cm³/mol. The first kappa shape index (κ1) is 19.7. The van der Waals surface area contributed by atoms with Crippen molar-refractivity contribution in [3.8, 4) is 0 Å². The highest BCUT2D eigenvalue weighted by Crippen LogP contribution is 2.33. The molecule has 0 radical (unpaired) electrons. The number of hydrogen-bond donors (Lipinski definition) is 1. The molecule has 2 N–H and O–H groups in total. The van der Waals surface area contributed by atoms with E-state index in [-0.39, 0.29) is 10.5 Å². The molecular formula is C22H24N2O4S. The molecule has 0 atom stereocenters. The van der Waals surface area contributed by atoms with Crippen molar-refractivity contribution in [3.05, 3.63) is 69.1 Å². The van der Waals surface area contributed by atoms with Crippen molar-refractivity contribution >= 4 is 26.7 Å². The van der Waals surface area contributed by atoms with Crippen LogP contribution in [-0.4, -0.2) is 15.0 Å². The van der Waals surface area contributed by atoms with E-state index in [1.807, 2.05) is 13.0 Å². The third kappa shape index (κ3) is 3.68. The summed E-state index contributed by atoms with van der Waals surface area (Å²) in [6.07, 6.45) is 0.731. The largest absolute Gasteiger partial charge is 0.423 e. The van der Waals surface area contributed by atoms with Crippen LogP contribution in [0.1, 0.15) is 42.0 Å². The fourth-order valence-corrected chi connectivity index (χ4v) is 4.70. The minimum atomic E-state index is -3.72. The van der Waals surface area contributed by atoms with Gasteiger partial charge in [0.25, 0.3) is 0 Å². The first-order valence-corrected chi connectivity index (χ1v) is 11.2. The van der Waals surface area contributed by atoms with Gasteiger partial charge in [-0.3, -0.25) is 0 Å². The van der Waals surface area contributed by atoms with Crippen molar-refractivity contribution in [1.29, 1.82) is 0 Å². The highest BCUT2D eigenvalue weighted by Gasteiger charge is 2.23. The number of rotatable bonds is 4. The number of sulfonamides is 1. The monoisotopic (exact) mass is 412 g/mol. The topological polar surface area (TPSA) is 93.6 Å². The molecule has 7 heteroatoms. The molecular weight excluding hydrogens is 388 g/mol. The maximum atomic E-state index is 12.1. The van der Waals surface area contributed by atoms with E-state index in [9.17, 15) is 13.2 Å². The summed E-state index contributed by atoms with van der Waals surface area (Å²) in [6, 6.07) is 10.6. The molecule has 0 fully saturated rings. The summed E-state index contributed by atoms with van der Waals surface area (Å²) in [5.41, 5.74) is 5.38. The van der Waals surface area contributed by atoms with E-state index in [0.717, 1.165) is 40.7 Å². The molecule has 2 heterocycles. The SMILES string of the molecule is Cc1cc2oc(=O)cc(CN3CCc4cc(S(N)(=O)=O)ccc43)c2cc1C(C)C. The summed E-state index contributed by atoms with van der Waals surface area (Å²) in [5.74, 6) is 0.364. The molecule has 0 unspecified atom stereocenters. The standard InChI is InChI=1S/C22H24N2O4S/c1-13(2)18-11-19-16(10-22(25)28-21(19)8-14(18)3)12-24-7-6-15-9-17(29(23,26)27)4-5-20(15)24/h4-5,8-11,13H,6-7,12H2,1-3H3,(H2,23,26,27). The van der Waals surface area contributed by atoms with Crippen LogP contribution in [0.2, 0.25) is 0 Å². The van der Waals surface area contributed by atoms with Crippen LogP contribution in [0, 0.1) is 6.92 Å². The molecule has 4 rings (SSSR count). The van der Waals surface area contributed by atoms with E-state index in [1.165, 1.54) is 11.6 Å². The highest BCUT2D eigenvalue weighted by atomic mass is 32.2. The third-order valence-corrected chi connectivity index (χ3v) is 6.48. The van der Waals surface area contributed by atoms with Gasteiger partial charge in [-0.2, -0.15) is 0 Å². The van der Waals surface area contributed by atoms with Gasteiger partial charge >= 0.3 is 5.63 Å². The Kier molecular flexibility index (Phi) is 4.75. The average molecular weight is 413 g/mol. The maximum Gasteiger partial charge on any atom is 0.336 e. The number of nitrogens with zero attached hydrogens (tertiary/aromatic N) is 1. The van der Waals surface area contributed by atoms with Crippen molar-refractivity contribution < 1.29 is 12.8 Å². The summed E-state index contributed by atoms with van der Waals surface area (Å²) >= 11 is 0. The molecule has 1 aliphatic heterocycles. The number of nitrogens with two attached hydrogens (primary N) is 1. The van der Waals surface area contributed by atoms with Gasteiger partial charge < -0.3 is 9.32 Å². The second-order valence-electron chi connectivity index (χ2n) is 7.96. The Balaban J connectivity index is 1.76. The molecule has 1 aromatic heterocycles. The molecule has 0 spiro atoms. The number of hydrogen-bond acceptors (Lipinski definition) is 5. The summed E-state index contributed by atoms with van der Waals surface area (Å²) < 4.78 is 28.7. The molecule has 152 valence electrons. The van der Waals surface area contributed by atoms with Gasteiger partial charge in [-0.05, 0) is 71.8 Å². The minimum Gasteiger partial charge on any atom is -0.423 e. The van der Waals surface area contributed by atoms with Crippen LogP contribution in [0.3, 0.4) is 0 Å². The average Bonchev–Trinajstić information content (AvgIpc) is 3.02. The first-order chi connectivity index (χ1) is 13.6. The van der Waals surface area contributed by atoms with Crippen LogP contribution in [0.5, 0.6) is 0 Å². The minimum absolute atomic E-state index is 0.126. The lowest BCUT2D eigenvalue weighted by molar-refractivity contribution is 0.558. The number of fused-ring (bicyclic) bond motifs is 2. The van der Waals surface area contributed by atoms with Gasteiger partial charge in [0, 0.05) is 30.2 Å². The Morgan fingerprint density at radius 2 is 1.93 bits per heavy atom. The van der Waals surface area contributed by atoms with Crippen molar-refractivity contribution in [1.82, 2.24) is 0 Å². The second kappa shape index (κ2) is 7.00. The zero-order chi connectivity index (χ0) is 20.9. The normalized spacial score (nSPS) is 14.0. The lowest BCUT2D eigenvalue weighted by Gasteiger charge is -2.21. The van der Waals surface area contributed by atoms with E-state index in [2.05, 4.69) is 24.8 Å². The fourth-order valence-electron chi connectivity index (χ4n) is 4.14. The number of primary sulfonamides is 1. The Bertz CT molecular complexity index is 1280. The molecule has 6 nitrogen and oxygen atoms in total. The van der Waals surface area contributed by atoms with Crippen molar-refractivity contribution in [2.75, 3.05) is 11.4 Å². The Hall–Kier alpha value is -2.64. The number of benzene rings is 2. The molecule has 0 saturated carbocycles. The van der Waals surface area contributed by atoms with Crippen LogP contribution >= 0.6 is 0 Å². The summed E-state index contributed by atoms with van der Waals surface area (Å²) in [5, 5.41) is 6.19. The smallest absolute Gasteiger partial charge is 0.336 e. The molecule has 2 aromatic carbocycles. The predicted octanol–water partition coefficient (Wildman–Crippen LogP) is 3.43. The maximum absolute atomic E-state index is 12.1. The van der Waals surface area contributed by atoms with E-state index in [1.54, 1.807) is 18.2 Å². The van der Waals surface area contributed by atoms with Gasteiger partial charge in [-0.15, -0.1) is 0 Å². The Morgan fingerprint density at radius 3 is 2.62 bits per heavy atom. The van der Waals surface area contributed by atoms with Crippen LogP contribution in [0.25, 0.3) is 11.0 Å². The van der Waals surface area contributed by atoms with Gasteiger partial charge in [0.2, 0.25) is 10.0 Å². The van der Waals surface area contributed by atoms with E-state index < -0.39 is 10.0 Å². The van der Waals surface area contributed by atoms with Gasteiger partial charge in [-0.25, -0.2) is 18.4 Å². The molecule has 3 aromatic rings. The first-order valence-electron chi connectivity index (χ1n) is 9.61. The van der Waals surface area contributed by atoms with E-state index in [0.29, 0.717) is 18.0 Å².